The van der Waals surface area contributed by atoms with E-state index in [0.717, 1.165) is 19.3 Å². The van der Waals surface area contributed by atoms with Gasteiger partial charge in [0.1, 0.15) is 12.4 Å². The van der Waals surface area contributed by atoms with Gasteiger partial charge in [-0.3, -0.25) is 9.59 Å². The van der Waals surface area contributed by atoms with E-state index in [1.54, 1.807) is 10.6 Å². The SMILES string of the molecule is COC(=O)Cn1c(=NC(=O)C2CCC2)sc2cc(F)ccc21. The lowest BCUT2D eigenvalue weighted by molar-refractivity contribution is -0.141. The number of carbonyl (C=O) groups is 2. The smallest absolute Gasteiger partial charge is 0.325 e. The van der Waals surface area contributed by atoms with Crippen molar-refractivity contribution < 1.29 is 18.7 Å². The zero-order valence-corrected chi connectivity index (χ0v) is 12.9. The van der Waals surface area contributed by atoms with Gasteiger partial charge in [0.15, 0.2) is 4.80 Å². The number of fused-ring (bicyclic) bond motifs is 1. The fraction of sp³-hybridized carbons (Fsp3) is 0.400. The van der Waals surface area contributed by atoms with Crippen LogP contribution in [0.25, 0.3) is 10.2 Å². The zero-order chi connectivity index (χ0) is 15.7. The molecule has 0 aliphatic heterocycles. The lowest BCUT2D eigenvalue weighted by Gasteiger charge is -2.20. The summed E-state index contributed by atoms with van der Waals surface area (Å²) in [5, 5.41) is 0. The largest absolute Gasteiger partial charge is 0.468 e. The normalized spacial score (nSPS) is 15.8. The molecule has 1 aliphatic carbocycles. The number of hydrogen-bond acceptors (Lipinski definition) is 4. The molecule has 0 saturated heterocycles. The summed E-state index contributed by atoms with van der Waals surface area (Å²) in [5.74, 6) is -0.997. The monoisotopic (exact) mass is 322 g/mol. The Bertz CT molecular complexity index is 805. The number of benzene rings is 1. The van der Waals surface area contributed by atoms with Crippen LogP contribution in [0.3, 0.4) is 0 Å². The number of amides is 1. The highest BCUT2D eigenvalue weighted by molar-refractivity contribution is 7.16. The highest BCUT2D eigenvalue weighted by atomic mass is 32.1. The Morgan fingerprint density at radius 2 is 2.23 bits per heavy atom. The van der Waals surface area contributed by atoms with E-state index in [0.29, 0.717) is 15.0 Å². The molecule has 3 rings (SSSR count). The molecule has 1 fully saturated rings. The Hall–Kier alpha value is -2.02. The van der Waals surface area contributed by atoms with Crippen LogP contribution >= 0.6 is 11.3 Å². The van der Waals surface area contributed by atoms with Gasteiger partial charge in [-0.05, 0) is 31.0 Å². The van der Waals surface area contributed by atoms with Gasteiger partial charge >= 0.3 is 5.97 Å². The van der Waals surface area contributed by atoms with Crippen LogP contribution in [0, 0.1) is 11.7 Å². The lowest BCUT2D eigenvalue weighted by Crippen LogP contribution is -2.26. The van der Waals surface area contributed by atoms with Crippen molar-refractivity contribution in [3.05, 3.63) is 28.8 Å². The second kappa shape index (κ2) is 6.00. The predicted molar refractivity (Wildman–Crippen MR) is 79.7 cm³/mol. The third-order valence-electron chi connectivity index (χ3n) is 3.82. The molecule has 1 aromatic carbocycles. The van der Waals surface area contributed by atoms with E-state index >= 15 is 0 Å². The van der Waals surface area contributed by atoms with Crippen LogP contribution in [0.1, 0.15) is 19.3 Å². The first-order chi connectivity index (χ1) is 10.6. The van der Waals surface area contributed by atoms with Crippen molar-refractivity contribution in [3.8, 4) is 0 Å². The Balaban J connectivity index is 2.10. The zero-order valence-electron chi connectivity index (χ0n) is 12.0. The van der Waals surface area contributed by atoms with E-state index in [-0.39, 0.29) is 24.2 Å². The minimum Gasteiger partial charge on any atom is -0.468 e. The summed E-state index contributed by atoms with van der Waals surface area (Å²) in [6.07, 6.45) is 2.77. The van der Waals surface area contributed by atoms with Crippen molar-refractivity contribution in [2.75, 3.05) is 7.11 Å². The Morgan fingerprint density at radius 3 is 2.86 bits per heavy atom. The summed E-state index contributed by atoms with van der Waals surface area (Å²) in [4.78, 5) is 28.2. The first-order valence-corrected chi connectivity index (χ1v) is 7.84. The van der Waals surface area contributed by atoms with Crippen molar-refractivity contribution in [1.29, 1.82) is 0 Å². The number of hydrogen-bond donors (Lipinski definition) is 0. The van der Waals surface area contributed by atoms with E-state index in [9.17, 15) is 14.0 Å². The number of thiazole rings is 1. The molecule has 0 unspecified atom stereocenters. The van der Waals surface area contributed by atoms with Crippen LogP contribution in [-0.2, 0) is 20.9 Å². The maximum absolute atomic E-state index is 13.4. The summed E-state index contributed by atoms with van der Waals surface area (Å²) < 4.78 is 20.3. The third kappa shape index (κ3) is 2.81. The molecule has 1 heterocycles. The highest BCUT2D eigenvalue weighted by Crippen LogP contribution is 2.27. The van der Waals surface area contributed by atoms with Crippen LogP contribution < -0.4 is 4.80 Å². The Labute approximate surface area is 130 Å². The number of ether oxygens (including phenoxy) is 1. The van der Waals surface area contributed by atoms with Gasteiger partial charge in [-0.2, -0.15) is 4.99 Å². The van der Waals surface area contributed by atoms with E-state index in [4.69, 9.17) is 0 Å². The molecule has 7 heteroatoms. The average molecular weight is 322 g/mol. The number of nitrogens with zero attached hydrogens (tertiary/aromatic N) is 2. The molecule has 116 valence electrons. The maximum atomic E-state index is 13.4. The number of carbonyl (C=O) groups excluding carboxylic acids is 2. The molecule has 1 saturated carbocycles. The average Bonchev–Trinajstić information content (AvgIpc) is 2.73. The molecule has 22 heavy (non-hydrogen) atoms. The summed E-state index contributed by atoms with van der Waals surface area (Å²) in [7, 11) is 1.30. The van der Waals surface area contributed by atoms with Gasteiger partial charge in [0.05, 0.1) is 17.3 Å². The third-order valence-corrected chi connectivity index (χ3v) is 4.86. The Kier molecular flexibility index (Phi) is 4.06. The number of methoxy groups -OCH3 is 1. The van der Waals surface area contributed by atoms with Gasteiger partial charge in [0.25, 0.3) is 5.91 Å². The van der Waals surface area contributed by atoms with Crippen LogP contribution in [0.4, 0.5) is 4.39 Å². The summed E-state index contributed by atoms with van der Waals surface area (Å²) in [6, 6.07) is 4.28. The van der Waals surface area contributed by atoms with Crippen LogP contribution in [0.2, 0.25) is 0 Å². The molecule has 0 radical (unpaired) electrons. The van der Waals surface area contributed by atoms with E-state index < -0.39 is 5.97 Å². The van der Waals surface area contributed by atoms with Gasteiger partial charge in [0.2, 0.25) is 0 Å². The summed E-state index contributed by atoms with van der Waals surface area (Å²) in [5.41, 5.74) is 0.664. The highest BCUT2D eigenvalue weighted by Gasteiger charge is 2.25. The van der Waals surface area contributed by atoms with Crippen molar-refractivity contribution in [2.45, 2.75) is 25.8 Å². The fourth-order valence-electron chi connectivity index (χ4n) is 2.32. The molecular formula is C15H15FN2O3S. The molecule has 0 atom stereocenters. The second-order valence-electron chi connectivity index (χ2n) is 5.24. The molecule has 1 amide bonds. The molecule has 1 aliphatic rings. The predicted octanol–water partition coefficient (Wildman–Crippen LogP) is 2.24. The standard InChI is InChI=1S/C15H15FN2O3S/c1-21-13(19)8-18-11-6-5-10(16)7-12(11)22-15(18)17-14(20)9-3-2-4-9/h5-7,9H,2-4,8H2,1H3. The minimum absolute atomic E-state index is 0.0199. The molecule has 5 nitrogen and oxygen atoms in total. The van der Waals surface area contributed by atoms with Crippen LogP contribution in [0.15, 0.2) is 23.2 Å². The first-order valence-electron chi connectivity index (χ1n) is 7.03. The van der Waals surface area contributed by atoms with Gasteiger partial charge in [0, 0.05) is 5.92 Å². The molecule has 2 aromatic rings. The van der Waals surface area contributed by atoms with E-state index in [1.165, 1.54) is 30.6 Å². The topological polar surface area (TPSA) is 60.7 Å². The number of esters is 1. The molecule has 1 aromatic heterocycles. The van der Waals surface area contributed by atoms with E-state index in [1.807, 2.05) is 0 Å². The number of rotatable bonds is 3. The number of aromatic nitrogens is 1. The van der Waals surface area contributed by atoms with Crippen molar-refractivity contribution in [2.24, 2.45) is 10.9 Å². The fourth-order valence-corrected chi connectivity index (χ4v) is 3.38. The van der Waals surface area contributed by atoms with Crippen LogP contribution in [-0.4, -0.2) is 23.6 Å². The molecular weight excluding hydrogens is 307 g/mol. The number of halogens is 1. The molecule has 0 bridgehead atoms. The van der Waals surface area contributed by atoms with Gasteiger partial charge < -0.3 is 9.30 Å². The van der Waals surface area contributed by atoms with Crippen LogP contribution in [0.5, 0.6) is 0 Å². The maximum Gasteiger partial charge on any atom is 0.325 e. The van der Waals surface area contributed by atoms with E-state index in [2.05, 4.69) is 9.73 Å². The minimum atomic E-state index is -0.443. The van der Waals surface area contributed by atoms with Crippen molar-refractivity contribution in [3.63, 3.8) is 0 Å². The van der Waals surface area contributed by atoms with Gasteiger partial charge in [-0.25, -0.2) is 4.39 Å². The summed E-state index contributed by atoms with van der Waals surface area (Å²) in [6.45, 7) is -0.0566. The molecule has 0 N–H and O–H groups in total. The molecule has 0 spiro atoms. The van der Waals surface area contributed by atoms with Crippen molar-refractivity contribution in [1.82, 2.24) is 4.57 Å². The quantitative estimate of drug-likeness (QED) is 0.814. The first kappa shape index (κ1) is 14.9. The van der Waals surface area contributed by atoms with Gasteiger partial charge in [-0.1, -0.05) is 17.8 Å². The lowest BCUT2D eigenvalue weighted by atomic mass is 9.85. The Morgan fingerprint density at radius 1 is 1.45 bits per heavy atom. The summed E-state index contributed by atoms with van der Waals surface area (Å²) >= 11 is 1.20. The van der Waals surface area contributed by atoms with Crippen molar-refractivity contribution >= 4 is 33.4 Å². The van der Waals surface area contributed by atoms with Gasteiger partial charge in [-0.15, -0.1) is 0 Å². The second-order valence-corrected chi connectivity index (χ2v) is 6.25.